The van der Waals surface area contributed by atoms with Crippen LogP contribution in [0, 0.1) is 0 Å². The predicted octanol–water partition coefficient (Wildman–Crippen LogP) is 5.88. The smallest absolute Gasteiger partial charge is 0.337 e. The van der Waals surface area contributed by atoms with Gasteiger partial charge in [-0.15, -0.1) is 0 Å². The number of ether oxygens (including phenoxy) is 2. The topological polar surface area (TPSA) is 50.8 Å². The van der Waals surface area contributed by atoms with Crippen LogP contribution in [-0.4, -0.2) is 32.3 Å². The molecule has 1 aliphatic heterocycles. The fraction of sp³-hybridized carbons (Fsp3) is 0.207. The van der Waals surface area contributed by atoms with E-state index in [9.17, 15) is 4.79 Å². The van der Waals surface area contributed by atoms with Crippen molar-refractivity contribution in [3.8, 4) is 5.75 Å². The van der Waals surface area contributed by atoms with Crippen molar-refractivity contribution in [2.24, 2.45) is 0 Å². The second-order valence-corrected chi connectivity index (χ2v) is 8.56. The number of nitrogens with one attached hydrogen (secondary N) is 1. The second kappa shape index (κ2) is 9.57. The van der Waals surface area contributed by atoms with E-state index in [2.05, 4.69) is 59.6 Å². The molecule has 5 nitrogen and oxygen atoms in total. The van der Waals surface area contributed by atoms with Gasteiger partial charge in [-0.05, 0) is 53.6 Å². The zero-order chi connectivity index (χ0) is 23.5. The van der Waals surface area contributed by atoms with Crippen molar-refractivity contribution in [3.63, 3.8) is 0 Å². The number of carbonyl (C=O) groups excluding carboxylic acids is 1. The van der Waals surface area contributed by atoms with Gasteiger partial charge in [0.15, 0.2) is 0 Å². The predicted molar refractivity (Wildman–Crippen MR) is 136 cm³/mol. The lowest BCUT2D eigenvalue weighted by Gasteiger charge is -2.37. The number of esters is 1. The molecule has 0 amide bonds. The summed E-state index contributed by atoms with van der Waals surface area (Å²) in [6, 6.07) is 30.6. The molecule has 1 aliphatic rings. The van der Waals surface area contributed by atoms with E-state index in [-0.39, 0.29) is 18.1 Å². The number of nitrogens with zero attached hydrogens (tertiary/aromatic N) is 1. The van der Waals surface area contributed by atoms with Crippen LogP contribution in [-0.2, 0) is 4.74 Å². The molecule has 0 radical (unpaired) electrons. The van der Waals surface area contributed by atoms with E-state index in [1.165, 1.54) is 23.4 Å². The van der Waals surface area contributed by atoms with Crippen LogP contribution in [0.2, 0.25) is 0 Å². The Morgan fingerprint density at radius 3 is 2.68 bits per heavy atom. The molecule has 1 heterocycles. The first-order chi connectivity index (χ1) is 16.6. The number of hydrogen-bond donors (Lipinski definition) is 1. The summed E-state index contributed by atoms with van der Waals surface area (Å²) in [6.45, 7) is 3.54. The van der Waals surface area contributed by atoms with Gasteiger partial charge in [0.1, 0.15) is 11.9 Å². The summed E-state index contributed by atoms with van der Waals surface area (Å²) >= 11 is 0. The highest BCUT2D eigenvalue weighted by atomic mass is 16.5. The number of methoxy groups -OCH3 is 1. The van der Waals surface area contributed by atoms with Crippen LogP contribution in [0.4, 0.5) is 11.4 Å². The number of para-hydroxylation sites is 2. The van der Waals surface area contributed by atoms with Gasteiger partial charge in [-0.2, -0.15) is 0 Å². The fourth-order valence-corrected chi connectivity index (χ4v) is 4.61. The molecule has 0 spiro atoms. The maximum atomic E-state index is 12.1. The first-order valence-electron chi connectivity index (χ1n) is 11.6. The Balaban J connectivity index is 1.37. The number of hydrogen-bond acceptors (Lipinski definition) is 5. The molecular formula is C29H28N2O3. The van der Waals surface area contributed by atoms with Crippen molar-refractivity contribution in [2.45, 2.75) is 19.1 Å². The molecule has 5 heteroatoms. The zero-order valence-corrected chi connectivity index (χ0v) is 19.4. The molecule has 0 fully saturated rings. The molecule has 0 saturated carbocycles. The van der Waals surface area contributed by atoms with Crippen molar-refractivity contribution >= 4 is 28.1 Å². The van der Waals surface area contributed by atoms with Gasteiger partial charge >= 0.3 is 5.97 Å². The fourth-order valence-electron chi connectivity index (χ4n) is 4.61. The van der Waals surface area contributed by atoms with E-state index in [0.717, 1.165) is 17.1 Å². The largest absolute Gasteiger partial charge is 0.485 e. The Morgan fingerprint density at radius 1 is 1.03 bits per heavy atom. The summed E-state index contributed by atoms with van der Waals surface area (Å²) in [7, 11) is 1.40. The monoisotopic (exact) mass is 452 g/mol. The quantitative estimate of drug-likeness (QED) is 0.371. The van der Waals surface area contributed by atoms with Gasteiger partial charge in [0.2, 0.25) is 0 Å². The van der Waals surface area contributed by atoms with Gasteiger partial charge in [-0.1, -0.05) is 60.7 Å². The molecule has 2 unspecified atom stereocenters. The van der Waals surface area contributed by atoms with Crippen molar-refractivity contribution in [3.05, 3.63) is 102 Å². The lowest BCUT2D eigenvalue weighted by Crippen LogP contribution is -2.44. The lowest BCUT2D eigenvalue weighted by atomic mass is 9.99. The molecule has 2 atom stereocenters. The minimum Gasteiger partial charge on any atom is -0.485 e. The van der Waals surface area contributed by atoms with Gasteiger partial charge in [0, 0.05) is 18.3 Å². The maximum absolute atomic E-state index is 12.1. The molecule has 5 rings (SSSR count). The third-order valence-electron chi connectivity index (χ3n) is 6.36. The molecule has 172 valence electrons. The third-order valence-corrected chi connectivity index (χ3v) is 6.36. The van der Waals surface area contributed by atoms with Gasteiger partial charge in [-0.25, -0.2) is 4.79 Å². The van der Waals surface area contributed by atoms with Crippen LogP contribution in [0.5, 0.6) is 5.75 Å². The van der Waals surface area contributed by atoms with Gasteiger partial charge < -0.3 is 19.7 Å². The highest BCUT2D eigenvalue weighted by Crippen LogP contribution is 2.38. The SMILES string of the molecule is COC(=O)c1cccc(N2CC(CNC(C)c3cccc4ccccc34)Oc3ccccc32)c1. The van der Waals surface area contributed by atoms with E-state index in [0.29, 0.717) is 18.7 Å². The molecular weight excluding hydrogens is 424 g/mol. The molecule has 4 aromatic rings. The third kappa shape index (κ3) is 4.35. The minimum absolute atomic E-state index is 0.0610. The highest BCUT2D eigenvalue weighted by Gasteiger charge is 2.27. The van der Waals surface area contributed by atoms with Crippen LogP contribution in [0.15, 0.2) is 91.0 Å². The molecule has 0 saturated heterocycles. The number of fused-ring (bicyclic) bond motifs is 2. The Bertz CT molecular complexity index is 1310. The Labute approximate surface area is 199 Å². The van der Waals surface area contributed by atoms with Gasteiger partial charge in [0.25, 0.3) is 0 Å². The standard InChI is InChI=1S/C29H28N2O3/c1-20(25-14-8-10-21-9-3-4-13-26(21)25)30-18-24-19-31(27-15-5-6-16-28(27)34-24)23-12-7-11-22(17-23)29(32)33-2/h3-17,20,24,30H,18-19H2,1-2H3. The number of benzene rings is 4. The molecule has 34 heavy (non-hydrogen) atoms. The number of rotatable bonds is 6. The summed E-state index contributed by atoms with van der Waals surface area (Å²) in [5, 5.41) is 6.19. The highest BCUT2D eigenvalue weighted by molar-refractivity contribution is 5.91. The second-order valence-electron chi connectivity index (χ2n) is 8.56. The van der Waals surface area contributed by atoms with E-state index in [4.69, 9.17) is 9.47 Å². The minimum atomic E-state index is -0.342. The Kier molecular flexibility index (Phi) is 6.19. The number of anilines is 2. The lowest BCUT2D eigenvalue weighted by molar-refractivity contribution is 0.0601. The normalized spacial score (nSPS) is 15.9. The van der Waals surface area contributed by atoms with E-state index >= 15 is 0 Å². The van der Waals surface area contributed by atoms with Crippen LogP contribution in [0.1, 0.15) is 28.9 Å². The first kappa shape index (κ1) is 22.0. The first-order valence-corrected chi connectivity index (χ1v) is 11.6. The summed E-state index contributed by atoms with van der Waals surface area (Å²) in [5.74, 6) is 0.493. The van der Waals surface area contributed by atoms with Crippen LogP contribution < -0.4 is 15.0 Å². The summed E-state index contributed by atoms with van der Waals surface area (Å²) in [5.41, 5.74) is 3.73. The summed E-state index contributed by atoms with van der Waals surface area (Å²) in [6.07, 6.45) is -0.0610. The molecule has 0 aromatic heterocycles. The Morgan fingerprint density at radius 2 is 1.79 bits per heavy atom. The van der Waals surface area contributed by atoms with Crippen molar-refractivity contribution in [1.82, 2.24) is 5.32 Å². The van der Waals surface area contributed by atoms with Crippen molar-refractivity contribution < 1.29 is 14.3 Å². The number of carbonyl (C=O) groups is 1. The molecule has 4 aromatic carbocycles. The van der Waals surface area contributed by atoms with E-state index in [1.807, 2.05) is 42.5 Å². The van der Waals surface area contributed by atoms with Gasteiger partial charge in [-0.3, -0.25) is 0 Å². The van der Waals surface area contributed by atoms with Crippen LogP contribution >= 0.6 is 0 Å². The van der Waals surface area contributed by atoms with Crippen molar-refractivity contribution in [1.29, 1.82) is 0 Å². The molecule has 0 aliphatic carbocycles. The zero-order valence-electron chi connectivity index (χ0n) is 19.4. The molecule has 0 bridgehead atoms. The average molecular weight is 453 g/mol. The average Bonchev–Trinajstić information content (AvgIpc) is 2.90. The molecule has 1 N–H and O–H groups in total. The van der Waals surface area contributed by atoms with E-state index < -0.39 is 0 Å². The summed E-state index contributed by atoms with van der Waals surface area (Å²) < 4.78 is 11.3. The van der Waals surface area contributed by atoms with Crippen molar-refractivity contribution in [2.75, 3.05) is 25.1 Å². The van der Waals surface area contributed by atoms with Crippen LogP contribution in [0.25, 0.3) is 10.8 Å². The maximum Gasteiger partial charge on any atom is 0.337 e. The van der Waals surface area contributed by atoms with Gasteiger partial charge in [0.05, 0.1) is 24.9 Å². The van der Waals surface area contributed by atoms with Crippen LogP contribution in [0.3, 0.4) is 0 Å². The summed E-state index contributed by atoms with van der Waals surface area (Å²) in [4.78, 5) is 14.3. The Hall–Kier alpha value is -3.83. The van der Waals surface area contributed by atoms with E-state index in [1.54, 1.807) is 6.07 Å².